The minimum Gasteiger partial charge on any atom is -0.384 e. The van der Waals surface area contributed by atoms with Crippen LogP contribution in [0.2, 0.25) is 0 Å². The van der Waals surface area contributed by atoms with Gasteiger partial charge in [-0.2, -0.15) is 5.10 Å². The second-order valence-electron chi connectivity index (χ2n) is 4.83. The van der Waals surface area contributed by atoms with Crippen molar-refractivity contribution in [3.8, 4) is 0 Å². The first-order valence-electron chi connectivity index (χ1n) is 6.15. The van der Waals surface area contributed by atoms with Gasteiger partial charge in [0.15, 0.2) is 0 Å². The Kier molecular flexibility index (Phi) is 3.69. The molecular weight excluding hydrogens is 216 g/mol. The van der Waals surface area contributed by atoms with Crippen molar-refractivity contribution >= 4 is 5.82 Å². The van der Waals surface area contributed by atoms with E-state index in [1.807, 2.05) is 14.0 Å². The van der Waals surface area contributed by atoms with Crippen molar-refractivity contribution in [3.63, 3.8) is 0 Å². The van der Waals surface area contributed by atoms with Crippen molar-refractivity contribution in [2.24, 2.45) is 7.05 Å². The predicted octanol–water partition coefficient (Wildman–Crippen LogP) is 0.922. The molecule has 0 aliphatic carbocycles. The lowest BCUT2D eigenvalue weighted by atomic mass is 10.1. The highest BCUT2D eigenvalue weighted by Crippen LogP contribution is 2.20. The van der Waals surface area contributed by atoms with Crippen molar-refractivity contribution in [3.05, 3.63) is 11.3 Å². The predicted molar refractivity (Wildman–Crippen MR) is 67.7 cm³/mol. The standard InChI is InChI=1S/C12H22N4O/c1-9-11(12(13)16(3)14-9)8-15(2)10-4-6-17-7-5-10/h10H,4-8,13H2,1-3H3. The van der Waals surface area contributed by atoms with E-state index >= 15 is 0 Å². The fraction of sp³-hybridized carbons (Fsp3) is 0.750. The number of anilines is 1. The molecule has 2 heterocycles. The van der Waals surface area contributed by atoms with Crippen LogP contribution in [0.1, 0.15) is 24.1 Å². The zero-order valence-electron chi connectivity index (χ0n) is 10.9. The van der Waals surface area contributed by atoms with Crippen LogP contribution in [0.4, 0.5) is 5.82 Å². The summed E-state index contributed by atoms with van der Waals surface area (Å²) >= 11 is 0. The largest absolute Gasteiger partial charge is 0.384 e. The molecule has 2 N–H and O–H groups in total. The molecule has 1 saturated heterocycles. The highest BCUT2D eigenvalue weighted by molar-refractivity contribution is 5.42. The van der Waals surface area contributed by atoms with Gasteiger partial charge in [-0.15, -0.1) is 0 Å². The summed E-state index contributed by atoms with van der Waals surface area (Å²) in [4.78, 5) is 2.36. The molecule has 1 aliphatic rings. The van der Waals surface area contributed by atoms with E-state index in [9.17, 15) is 0 Å². The Hall–Kier alpha value is -1.07. The Balaban J connectivity index is 2.04. The molecule has 5 heteroatoms. The molecule has 2 rings (SSSR count). The van der Waals surface area contributed by atoms with Gasteiger partial charge in [0.2, 0.25) is 0 Å². The monoisotopic (exact) mass is 238 g/mol. The first kappa shape index (κ1) is 12.4. The van der Waals surface area contributed by atoms with Crippen molar-refractivity contribution in [1.82, 2.24) is 14.7 Å². The minimum atomic E-state index is 0.600. The van der Waals surface area contributed by atoms with E-state index in [1.54, 1.807) is 4.68 Å². The Morgan fingerprint density at radius 3 is 2.65 bits per heavy atom. The van der Waals surface area contributed by atoms with Gasteiger partial charge in [0.05, 0.1) is 5.69 Å². The Morgan fingerprint density at radius 2 is 2.12 bits per heavy atom. The zero-order chi connectivity index (χ0) is 12.4. The minimum absolute atomic E-state index is 0.600. The highest BCUT2D eigenvalue weighted by Gasteiger charge is 2.21. The van der Waals surface area contributed by atoms with E-state index in [4.69, 9.17) is 10.5 Å². The second-order valence-corrected chi connectivity index (χ2v) is 4.83. The molecule has 1 aromatic heterocycles. The van der Waals surface area contributed by atoms with Gasteiger partial charge in [-0.05, 0) is 26.8 Å². The third-order valence-electron chi connectivity index (χ3n) is 3.62. The van der Waals surface area contributed by atoms with Crippen LogP contribution in [0.3, 0.4) is 0 Å². The molecular formula is C12H22N4O. The van der Waals surface area contributed by atoms with Crippen LogP contribution < -0.4 is 5.73 Å². The molecule has 1 fully saturated rings. The molecule has 0 aromatic carbocycles. The number of nitrogen functional groups attached to an aromatic ring is 1. The number of ether oxygens (including phenoxy) is 1. The van der Waals surface area contributed by atoms with E-state index in [0.717, 1.165) is 49.7 Å². The highest BCUT2D eigenvalue weighted by atomic mass is 16.5. The lowest BCUT2D eigenvalue weighted by molar-refractivity contribution is 0.0407. The van der Waals surface area contributed by atoms with Crippen LogP contribution in [-0.2, 0) is 18.3 Å². The van der Waals surface area contributed by atoms with Gasteiger partial charge in [0, 0.05) is 38.4 Å². The van der Waals surface area contributed by atoms with Crippen LogP contribution in [0.25, 0.3) is 0 Å². The topological polar surface area (TPSA) is 56.3 Å². The number of rotatable bonds is 3. The fourth-order valence-electron chi connectivity index (χ4n) is 2.42. The van der Waals surface area contributed by atoms with E-state index in [-0.39, 0.29) is 0 Å². The van der Waals surface area contributed by atoms with Crippen LogP contribution >= 0.6 is 0 Å². The van der Waals surface area contributed by atoms with Gasteiger partial charge in [-0.25, -0.2) is 0 Å². The summed E-state index contributed by atoms with van der Waals surface area (Å²) in [6, 6.07) is 0.600. The molecule has 0 saturated carbocycles. The molecule has 0 atom stereocenters. The Morgan fingerprint density at radius 1 is 1.47 bits per heavy atom. The first-order chi connectivity index (χ1) is 8.09. The molecule has 0 radical (unpaired) electrons. The summed E-state index contributed by atoms with van der Waals surface area (Å²) in [6.45, 7) is 4.63. The Bertz CT molecular complexity index is 382. The van der Waals surface area contributed by atoms with Crippen LogP contribution in [-0.4, -0.2) is 41.0 Å². The zero-order valence-corrected chi connectivity index (χ0v) is 10.9. The van der Waals surface area contributed by atoms with Gasteiger partial charge in [0.25, 0.3) is 0 Å². The third-order valence-corrected chi connectivity index (χ3v) is 3.62. The molecule has 0 amide bonds. The van der Waals surface area contributed by atoms with Gasteiger partial charge >= 0.3 is 0 Å². The summed E-state index contributed by atoms with van der Waals surface area (Å²) in [5.74, 6) is 0.779. The summed E-state index contributed by atoms with van der Waals surface area (Å²) in [5, 5.41) is 4.35. The molecule has 5 nitrogen and oxygen atoms in total. The number of hydrogen-bond acceptors (Lipinski definition) is 4. The quantitative estimate of drug-likeness (QED) is 0.851. The number of aromatic nitrogens is 2. The van der Waals surface area contributed by atoms with Gasteiger partial charge in [-0.3, -0.25) is 9.58 Å². The SMILES string of the molecule is Cc1nn(C)c(N)c1CN(C)C1CCOCC1. The van der Waals surface area contributed by atoms with Crippen molar-refractivity contribution in [2.75, 3.05) is 26.0 Å². The van der Waals surface area contributed by atoms with E-state index in [1.165, 1.54) is 0 Å². The maximum absolute atomic E-state index is 6.03. The van der Waals surface area contributed by atoms with Crippen LogP contribution in [0.5, 0.6) is 0 Å². The summed E-state index contributed by atoms with van der Waals surface area (Å²) in [7, 11) is 4.04. The normalized spacial score (nSPS) is 17.9. The number of aryl methyl sites for hydroxylation is 2. The average Bonchev–Trinajstić information content (AvgIpc) is 2.57. The van der Waals surface area contributed by atoms with E-state index < -0.39 is 0 Å². The summed E-state index contributed by atoms with van der Waals surface area (Å²) in [5.41, 5.74) is 8.22. The molecule has 1 aliphatic heterocycles. The number of nitrogens with zero attached hydrogens (tertiary/aromatic N) is 3. The van der Waals surface area contributed by atoms with Crippen molar-refractivity contribution in [2.45, 2.75) is 32.4 Å². The van der Waals surface area contributed by atoms with Gasteiger partial charge in [0.1, 0.15) is 5.82 Å². The number of nitrogens with two attached hydrogens (primary N) is 1. The first-order valence-corrected chi connectivity index (χ1v) is 6.15. The molecule has 1 aromatic rings. The summed E-state index contributed by atoms with van der Waals surface area (Å²) < 4.78 is 7.14. The van der Waals surface area contributed by atoms with Crippen LogP contribution in [0.15, 0.2) is 0 Å². The summed E-state index contributed by atoms with van der Waals surface area (Å²) in [6.07, 6.45) is 2.21. The molecule has 96 valence electrons. The maximum atomic E-state index is 6.03. The van der Waals surface area contributed by atoms with Crippen molar-refractivity contribution < 1.29 is 4.74 Å². The Labute approximate surface area is 103 Å². The maximum Gasteiger partial charge on any atom is 0.126 e. The van der Waals surface area contributed by atoms with Crippen molar-refractivity contribution in [1.29, 1.82) is 0 Å². The van der Waals surface area contributed by atoms with Gasteiger partial charge < -0.3 is 10.5 Å². The molecule has 0 bridgehead atoms. The number of hydrogen-bond donors (Lipinski definition) is 1. The van der Waals surface area contributed by atoms with Gasteiger partial charge in [-0.1, -0.05) is 0 Å². The lowest BCUT2D eigenvalue weighted by Crippen LogP contribution is -2.36. The second kappa shape index (κ2) is 5.06. The molecule has 17 heavy (non-hydrogen) atoms. The van der Waals surface area contributed by atoms with E-state index in [2.05, 4.69) is 17.0 Å². The van der Waals surface area contributed by atoms with Crippen LogP contribution in [0, 0.1) is 6.92 Å². The smallest absolute Gasteiger partial charge is 0.126 e. The molecule has 0 unspecified atom stereocenters. The average molecular weight is 238 g/mol. The third kappa shape index (κ3) is 2.61. The van der Waals surface area contributed by atoms with E-state index in [0.29, 0.717) is 6.04 Å². The molecule has 0 spiro atoms. The lowest BCUT2D eigenvalue weighted by Gasteiger charge is -2.31. The fourth-order valence-corrected chi connectivity index (χ4v) is 2.42.